The number of fused-ring (bicyclic) bond motifs is 12. The summed E-state index contributed by atoms with van der Waals surface area (Å²) in [6, 6.07) is 50.6. The molecule has 1 aliphatic carbocycles. The highest BCUT2D eigenvalue weighted by atomic mass is 14.3. The van der Waals surface area contributed by atoms with Crippen LogP contribution in [0, 0.1) is 0 Å². The molecule has 0 fully saturated rings. The maximum Gasteiger partial charge on any atom is -0.000684 e. The van der Waals surface area contributed by atoms with Crippen molar-refractivity contribution < 1.29 is 0 Å². The van der Waals surface area contributed by atoms with Crippen LogP contribution in [-0.4, -0.2) is 0 Å². The third-order valence-electron chi connectivity index (χ3n) is 10.4. The molecule has 0 unspecified atom stereocenters. The van der Waals surface area contributed by atoms with Gasteiger partial charge in [0.15, 0.2) is 0 Å². The molecule has 0 aliphatic heterocycles. The molecule has 0 bridgehead atoms. The summed E-state index contributed by atoms with van der Waals surface area (Å²) in [7, 11) is 0. The van der Waals surface area contributed by atoms with Gasteiger partial charge in [0.1, 0.15) is 0 Å². The van der Waals surface area contributed by atoms with Gasteiger partial charge >= 0.3 is 0 Å². The predicted octanol–water partition coefficient (Wildman–Crippen LogP) is 11.9. The minimum absolute atomic E-state index is 0.959. The van der Waals surface area contributed by atoms with E-state index in [1.165, 1.54) is 108 Å². The van der Waals surface area contributed by atoms with Crippen molar-refractivity contribution in [1.29, 1.82) is 0 Å². The smallest absolute Gasteiger partial charge is 0.000684 e. The van der Waals surface area contributed by atoms with Crippen LogP contribution in [0.4, 0.5) is 0 Å². The van der Waals surface area contributed by atoms with Gasteiger partial charge in [-0.25, -0.2) is 0 Å². The van der Waals surface area contributed by atoms with Gasteiger partial charge in [0.25, 0.3) is 0 Å². The van der Waals surface area contributed by atoms with Gasteiger partial charge in [0.05, 0.1) is 0 Å². The largest absolute Gasteiger partial charge is 0.0616 e. The van der Waals surface area contributed by atoms with Crippen molar-refractivity contribution >= 4 is 86.2 Å². The van der Waals surface area contributed by atoms with E-state index < -0.39 is 0 Å². The average Bonchev–Trinajstić information content (AvgIpc) is 3.07. The molecule has 196 valence electrons. The summed E-state index contributed by atoms with van der Waals surface area (Å²) in [5.41, 5.74) is 5.63. The molecule has 0 saturated carbocycles. The molecule has 0 heteroatoms. The number of benzene rings is 10. The van der Waals surface area contributed by atoms with E-state index in [-0.39, 0.29) is 0 Å². The van der Waals surface area contributed by atoms with Gasteiger partial charge in [-0.15, -0.1) is 0 Å². The zero-order chi connectivity index (χ0) is 27.8. The fourth-order valence-electron chi connectivity index (χ4n) is 8.62. The molecule has 10 aromatic carbocycles. The first kappa shape index (κ1) is 22.2. The molecule has 0 saturated heterocycles. The molecule has 0 spiro atoms. The van der Waals surface area contributed by atoms with Crippen LogP contribution in [0.25, 0.3) is 97.3 Å². The lowest BCUT2D eigenvalue weighted by Gasteiger charge is -2.24. The molecule has 43 heavy (non-hydrogen) atoms. The van der Waals surface area contributed by atoms with Crippen LogP contribution in [0.15, 0.2) is 133 Å². The summed E-state index contributed by atoms with van der Waals surface area (Å²) in [6.07, 6.45) is 0.959. The molecule has 0 atom stereocenters. The fourth-order valence-corrected chi connectivity index (χ4v) is 8.62. The van der Waals surface area contributed by atoms with Gasteiger partial charge in [-0.2, -0.15) is 0 Å². The number of rotatable bonds is 0. The highest BCUT2D eigenvalue weighted by Crippen LogP contribution is 2.48. The van der Waals surface area contributed by atoms with Crippen molar-refractivity contribution in [2.45, 2.75) is 6.42 Å². The second-order valence-corrected chi connectivity index (χ2v) is 12.4. The van der Waals surface area contributed by atoms with E-state index in [0.29, 0.717) is 0 Å². The van der Waals surface area contributed by atoms with Crippen LogP contribution in [0.2, 0.25) is 0 Å². The molecule has 11 rings (SSSR count). The van der Waals surface area contributed by atoms with Crippen molar-refractivity contribution in [3.05, 3.63) is 145 Å². The Morgan fingerprint density at radius 1 is 0.302 bits per heavy atom. The average molecular weight is 541 g/mol. The Hall–Kier alpha value is -5.46. The van der Waals surface area contributed by atoms with Gasteiger partial charge in [-0.05, 0) is 127 Å². The van der Waals surface area contributed by atoms with Gasteiger partial charge < -0.3 is 0 Å². The molecule has 0 heterocycles. The lowest BCUT2D eigenvalue weighted by Crippen LogP contribution is -2.02. The molecular formula is C43H24. The summed E-state index contributed by atoms with van der Waals surface area (Å²) in [5, 5.41) is 21.7. The summed E-state index contributed by atoms with van der Waals surface area (Å²) < 4.78 is 0. The molecule has 0 radical (unpaired) electrons. The highest BCUT2D eigenvalue weighted by Gasteiger charge is 2.23. The van der Waals surface area contributed by atoms with Crippen molar-refractivity contribution in [3.63, 3.8) is 0 Å². The van der Waals surface area contributed by atoms with Crippen molar-refractivity contribution in [2.75, 3.05) is 0 Å². The number of hydrogen-bond acceptors (Lipinski definition) is 0. The molecule has 0 aromatic heterocycles. The van der Waals surface area contributed by atoms with E-state index in [1.54, 1.807) is 0 Å². The summed E-state index contributed by atoms with van der Waals surface area (Å²) in [5.74, 6) is 0. The van der Waals surface area contributed by atoms with Crippen LogP contribution in [0.5, 0.6) is 0 Å². The van der Waals surface area contributed by atoms with Crippen molar-refractivity contribution in [3.8, 4) is 11.1 Å². The first-order valence-corrected chi connectivity index (χ1v) is 15.2. The number of hydrogen-bond donors (Lipinski definition) is 0. The first-order valence-electron chi connectivity index (χ1n) is 15.2. The molecular weight excluding hydrogens is 516 g/mol. The minimum Gasteiger partial charge on any atom is -0.0616 e. The summed E-state index contributed by atoms with van der Waals surface area (Å²) in [4.78, 5) is 0. The van der Waals surface area contributed by atoms with Gasteiger partial charge in [0.2, 0.25) is 0 Å². The SMILES string of the molecule is c1ccc2c3c(ccc2c1)-c1cccc2c1c(cc1cc4c(cc12)c1cccc2c5ccccc5c5cccc4c5c21)C3. The van der Waals surface area contributed by atoms with E-state index in [0.717, 1.165) is 6.42 Å². The molecule has 0 N–H and O–H groups in total. The van der Waals surface area contributed by atoms with Crippen molar-refractivity contribution in [2.24, 2.45) is 0 Å². The Balaban J connectivity index is 1.33. The fraction of sp³-hybridized carbons (Fsp3) is 0.0233. The third kappa shape index (κ3) is 2.68. The molecule has 0 nitrogen and oxygen atoms in total. The molecule has 0 amide bonds. The standard InChI is InChI=1S/C43H24/c1-2-9-27-24(8-1)18-19-30-31-12-5-15-34-37-23-40-36-17-7-14-33-29-11-4-3-10-28(29)32-13-6-16-35(42(32)43(33)36)39(40)21-25(37)20-26(41(31)34)22-38(27)30/h1-21,23H,22H2. The Morgan fingerprint density at radius 3 is 1.58 bits per heavy atom. The van der Waals surface area contributed by atoms with E-state index >= 15 is 0 Å². The van der Waals surface area contributed by atoms with Crippen molar-refractivity contribution in [1.82, 2.24) is 0 Å². The zero-order valence-electron chi connectivity index (χ0n) is 23.4. The maximum atomic E-state index is 2.50. The maximum absolute atomic E-state index is 2.50. The van der Waals surface area contributed by atoms with E-state index in [2.05, 4.69) is 133 Å². The van der Waals surface area contributed by atoms with E-state index in [1.807, 2.05) is 0 Å². The van der Waals surface area contributed by atoms with Crippen LogP contribution >= 0.6 is 0 Å². The lowest BCUT2D eigenvalue weighted by atomic mass is 9.79. The normalized spacial score (nSPS) is 13.0. The van der Waals surface area contributed by atoms with Gasteiger partial charge in [-0.1, -0.05) is 121 Å². The quantitative estimate of drug-likeness (QED) is 0.133. The minimum atomic E-state index is 0.959. The Bertz CT molecular complexity index is 2850. The summed E-state index contributed by atoms with van der Waals surface area (Å²) in [6.45, 7) is 0. The van der Waals surface area contributed by atoms with Gasteiger partial charge in [-0.3, -0.25) is 0 Å². The first-order chi connectivity index (χ1) is 21.3. The monoisotopic (exact) mass is 540 g/mol. The molecule has 10 aromatic rings. The van der Waals surface area contributed by atoms with Crippen LogP contribution in [0.1, 0.15) is 11.1 Å². The topological polar surface area (TPSA) is 0 Å². The summed E-state index contributed by atoms with van der Waals surface area (Å²) >= 11 is 0. The molecule has 1 aliphatic rings. The second-order valence-electron chi connectivity index (χ2n) is 12.4. The van der Waals surface area contributed by atoms with Gasteiger partial charge in [0, 0.05) is 0 Å². The second kappa shape index (κ2) is 7.68. The zero-order valence-corrected chi connectivity index (χ0v) is 23.4. The lowest BCUT2D eigenvalue weighted by molar-refractivity contribution is 1.23. The Morgan fingerprint density at radius 2 is 0.860 bits per heavy atom. The Kier molecular flexibility index (Phi) is 3.96. The van der Waals surface area contributed by atoms with E-state index in [4.69, 9.17) is 0 Å². The van der Waals surface area contributed by atoms with Crippen LogP contribution in [-0.2, 0) is 6.42 Å². The predicted molar refractivity (Wildman–Crippen MR) is 186 cm³/mol. The highest BCUT2D eigenvalue weighted by molar-refractivity contribution is 6.40. The third-order valence-corrected chi connectivity index (χ3v) is 10.4. The van der Waals surface area contributed by atoms with Crippen LogP contribution < -0.4 is 0 Å². The van der Waals surface area contributed by atoms with Crippen LogP contribution in [0.3, 0.4) is 0 Å². The van der Waals surface area contributed by atoms with E-state index in [9.17, 15) is 0 Å². The Labute approximate surface area is 247 Å².